The Bertz CT molecular complexity index is 842. The van der Waals surface area contributed by atoms with Crippen LogP contribution < -0.4 is 4.90 Å². The van der Waals surface area contributed by atoms with Gasteiger partial charge in [0.2, 0.25) is 0 Å². The van der Waals surface area contributed by atoms with Gasteiger partial charge < -0.3 is 9.80 Å². The zero-order valence-corrected chi connectivity index (χ0v) is 13.5. The number of anilines is 1. The van der Waals surface area contributed by atoms with Crippen molar-refractivity contribution in [2.24, 2.45) is 0 Å². The summed E-state index contributed by atoms with van der Waals surface area (Å²) in [6.45, 7) is 2.79. The summed E-state index contributed by atoms with van der Waals surface area (Å²) in [4.78, 5) is 29.3. The van der Waals surface area contributed by atoms with Crippen LogP contribution in [0.15, 0.2) is 49.2 Å². The van der Waals surface area contributed by atoms with Crippen molar-refractivity contribution in [2.75, 3.05) is 31.1 Å². The van der Waals surface area contributed by atoms with Gasteiger partial charge in [0.15, 0.2) is 5.82 Å². The first-order chi connectivity index (χ1) is 12.3. The number of hydrogen-bond donors (Lipinski definition) is 1. The molecule has 0 radical (unpaired) electrons. The molecule has 0 spiro atoms. The van der Waals surface area contributed by atoms with Gasteiger partial charge >= 0.3 is 0 Å². The number of carbonyl (C=O) groups excluding carboxylic acids is 1. The van der Waals surface area contributed by atoms with Crippen LogP contribution in [0.4, 0.5) is 5.82 Å². The fourth-order valence-electron chi connectivity index (χ4n) is 2.92. The summed E-state index contributed by atoms with van der Waals surface area (Å²) < 4.78 is 0. The van der Waals surface area contributed by atoms with Crippen LogP contribution in [0.3, 0.4) is 0 Å². The normalized spacial score (nSPS) is 14.6. The van der Waals surface area contributed by atoms with Gasteiger partial charge in [0.05, 0.1) is 6.20 Å². The highest BCUT2D eigenvalue weighted by atomic mass is 16.2. The van der Waals surface area contributed by atoms with Crippen LogP contribution in [-0.4, -0.2) is 62.1 Å². The molecule has 1 amide bonds. The highest BCUT2D eigenvalue weighted by molar-refractivity contribution is 5.95. The average Bonchev–Trinajstić information content (AvgIpc) is 3.23. The van der Waals surface area contributed by atoms with Crippen molar-refractivity contribution < 1.29 is 4.79 Å². The lowest BCUT2D eigenvalue weighted by Crippen LogP contribution is -2.49. The number of benzene rings is 1. The lowest BCUT2D eigenvalue weighted by molar-refractivity contribution is 0.0746. The molecule has 1 aromatic carbocycles. The van der Waals surface area contributed by atoms with Crippen LogP contribution in [0.1, 0.15) is 10.4 Å². The van der Waals surface area contributed by atoms with Crippen molar-refractivity contribution in [1.29, 1.82) is 0 Å². The van der Waals surface area contributed by atoms with Crippen LogP contribution in [0.25, 0.3) is 11.4 Å². The fourth-order valence-corrected chi connectivity index (χ4v) is 2.92. The number of aromatic amines is 1. The smallest absolute Gasteiger partial charge is 0.253 e. The zero-order valence-electron chi connectivity index (χ0n) is 13.5. The number of hydrogen-bond acceptors (Lipinski definition) is 6. The maximum Gasteiger partial charge on any atom is 0.253 e. The average molecular weight is 335 g/mol. The third kappa shape index (κ3) is 3.18. The van der Waals surface area contributed by atoms with E-state index >= 15 is 0 Å². The van der Waals surface area contributed by atoms with E-state index in [0.717, 1.165) is 24.5 Å². The number of carbonyl (C=O) groups is 1. The van der Waals surface area contributed by atoms with E-state index < -0.39 is 0 Å². The molecule has 0 bridgehead atoms. The van der Waals surface area contributed by atoms with Crippen LogP contribution in [0.5, 0.6) is 0 Å². The van der Waals surface area contributed by atoms with Gasteiger partial charge in [-0.3, -0.25) is 14.9 Å². The summed E-state index contributed by atoms with van der Waals surface area (Å²) in [5.74, 6) is 1.53. The second-order valence-corrected chi connectivity index (χ2v) is 5.76. The van der Waals surface area contributed by atoms with E-state index in [9.17, 15) is 4.79 Å². The van der Waals surface area contributed by atoms with Crippen molar-refractivity contribution in [2.45, 2.75) is 0 Å². The molecular weight excluding hydrogens is 318 g/mol. The van der Waals surface area contributed by atoms with Crippen molar-refractivity contribution in [3.8, 4) is 11.4 Å². The number of piperazine rings is 1. The maximum atomic E-state index is 12.8. The van der Waals surface area contributed by atoms with Gasteiger partial charge in [-0.05, 0) is 12.1 Å². The molecule has 1 aliphatic rings. The van der Waals surface area contributed by atoms with E-state index in [-0.39, 0.29) is 5.91 Å². The van der Waals surface area contributed by atoms with Crippen LogP contribution in [0.2, 0.25) is 0 Å². The Balaban J connectivity index is 1.45. The number of nitrogens with zero attached hydrogens (tertiary/aromatic N) is 6. The van der Waals surface area contributed by atoms with Gasteiger partial charge in [-0.15, -0.1) is 0 Å². The molecule has 8 heteroatoms. The summed E-state index contributed by atoms with van der Waals surface area (Å²) in [7, 11) is 0. The van der Waals surface area contributed by atoms with E-state index in [4.69, 9.17) is 0 Å². The third-order valence-electron chi connectivity index (χ3n) is 4.24. The van der Waals surface area contributed by atoms with Crippen LogP contribution in [-0.2, 0) is 0 Å². The van der Waals surface area contributed by atoms with Gasteiger partial charge in [0.1, 0.15) is 12.1 Å². The van der Waals surface area contributed by atoms with Gasteiger partial charge in [0, 0.05) is 49.7 Å². The lowest BCUT2D eigenvalue weighted by Gasteiger charge is -2.35. The summed E-state index contributed by atoms with van der Waals surface area (Å²) in [6, 6.07) is 7.44. The zero-order chi connectivity index (χ0) is 17.1. The third-order valence-corrected chi connectivity index (χ3v) is 4.24. The number of H-pyrrole nitrogens is 1. The minimum absolute atomic E-state index is 0.0279. The van der Waals surface area contributed by atoms with E-state index in [1.165, 1.54) is 6.33 Å². The first-order valence-electron chi connectivity index (χ1n) is 8.07. The Labute approximate surface area is 144 Å². The van der Waals surface area contributed by atoms with Gasteiger partial charge in [0.25, 0.3) is 5.91 Å². The topological polar surface area (TPSA) is 90.9 Å². The SMILES string of the molecule is O=C(c1cccc(-c2ncn[nH]2)c1)N1CCN(c2cnccn2)CC1. The van der Waals surface area contributed by atoms with Crippen LogP contribution in [0, 0.1) is 0 Å². The van der Waals surface area contributed by atoms with Crippen molar-refractivity contribution in [3.05, 3.63) is 54.7 Å². The largest absolute Gasteiger partial charge is 0.352 e. The molecule has 8 nitrogen and oxygen atoms in total. The molecule has 126 valence electrons. The monoisotopic (exact) mass is 335 g/mol. The minimum atomic E-state index is 0.0279. The van der Waals surface area contributed by atoms with Crippen LogP contribution >= 0.6 is 0 Å². The highest BCUT2D eigenvalue weighted by Crippen LogP contribution is 2.18. The van der Waals surface area contributed by atoms with Gasteiger partial charge in [-0.2, -0.15) is 5.10 Å². The summed E-state index contributed by atoms with van der Waals surface area (Å²) in [6.07, 6.45) is 6.54. The maximum absolute atomic E-state index is 12.8. The fraction of sp³-hybridized carbons (Fsp3) is 0.235. The predicted octanol–water partition coefficient (Wildman–Crippen LogP) is 1.22. The molecule has 1 saturated heterocycles. The van der Waals surface area contributed by atoms with E-state index in [2.05, 4.69) is 30.0 Å². The summed E-state index contributed by atoms with van der Waals surface area (Å²) in [5.41, 5.74) is 1.50. The number of rotatable bonds is 3. The Morgan fingerprint density at radius 3 is 2.68 bits per heavy atom. The van der Waals surface area contributed by atoms with Gasteiger partial charge in [-0.1, -0.05) is 12.1 Å². The standard InChI is InChI=1S/C17H17N7O/c25-17(14-3-1-2-13(10-14)16-20-12-21-22-16)24-8-6-23(7-9-24)15-11-18-4-5-19-15/h1-5,10-12H,6-9H2,(H,20,21,22). The second-order valence-electron chi connectivity index (χ2n) is 5.76. The molecule has 4 rings (SSSR count). The Morgan fingerprint density at radius 1 is 1.08 bits per heavy atom. The highest BCUT2D eigenvalue weighted by Gasteiger charge is 2.23. The number of nitrogens with one attached hydrogen (secondary N) is 1. The molecule has 25 heavy (non-hydrogen) atoms. The van der Waals surface area contributed by atoms with Crippen molar-refractivity contribution in [1.82, 2.24) is 30.0 Å². The number of amides is 1. The molecule has 0 aliphatic carbocycles. The molecular formula is C17H17N7O. The Hall–Kier alpha value is -3.29. The molecule has 1 N–H and O–H groups in total. The summed E-state index contributed by atoms with van der Waals surface area (Å²) in [5, 5.41) is 6.67. The van der Waals surface area contributed by atoms with Crippen molar-refractivity contribution >= 4 is 11.7 Å². The molecule has 1 fully saturated rings. The van der Waals surface area contributed by atoms with E-state index in [1.807, 2.05) is 29.2 Å². The predicted molar refractivity (Wildman–Crippen MR) is 92.0 cm³/mol. The Kier molecular flexibility index (Phi) is 4.07. The molecule has 2 aromatic heterocycles. The molecule has 3 aromatic rings. The molecule has 0 saturated carbocycles. The van der Waals surface area contributed by atoms with Gasteiger partial charge in [-0.25, -0.2) is 9.97 Å². The first-order valence-corrected chi connectivity index (χ1v) is 8.07. The van der Waals surface area contributed by atoms with E-state index in [0.29, 0.717) is 24.5 Å². The molecule has 0 atom stereocenters. The second kappa shape index (κ2) is 6.68. The molecule has 1 aliphatic heterocycles. The molecule has 0 unspecified atom stereocenters. The van der Waals surface area contributed by atoms with E-state index in [1.54, 1.807) is 18.6 Å². The summed E-state index contributed by atoms with van der Waals surface area (Å²) >= 11 is 0. The Morgan fingerprint density at radius 2 is 1.96 bits per heavy atom. The lowest BCUT2D eigenvalue weighted by atomic mass is 10.1. The first kappa shape index (κ1) is 15.3. The number of aromatic nitrogens is 5. The molecule has 3 heterocycles. The quantitative estimate of drug-likeness (QED) is 0.774. The van der Waals surface area contributed by atoms with Crippen molar-refractivity contribution in [3.63, 3.8) is 0 Å². The minimum Gasteiger partial charge on any atom is -0.352 e.